The lowest BCUT2D eigenvalue weighted by molar-refractivity contribution is 0.102. The van der Waals surface area contributed by atoms with Gasteiger partial charge in [0.05, 0.1) is 0 Å². The van der Waals surface area contributed by atoms with Gasteiger partial charge in [0.2, 0.25) is 5.95 Å². The maximum Gasteiger partial charge on any atom is 0.349 e. The third-order valence-corrected chi connectivity index (χ3v) is 5.81. The highest BCUT2D eigenvalue weighted by Gasteiger charge is 2.15. The first kappa shape index (κ1) is 21.6. The van der Waals surface area contributed by atoms with E-state index in [2.05, 4.69) is 25.5 Å². The molecule has 8 heteroatoms. The van der Waals surface area contributed by atoms with E-state index >= 15 is 0 Å². The van der Waals surface area contributed by atoms with Crippen LogP contribution in [0.1, 0.15) is 35.3 Å². The van der Waals surface area contributed by atoms with Crippen LogP contribution in [-0.2, 0) is 0 Å². The Labute approximate surface area is 196 Å². The van der Waals surface area contributed by atoms with Gasteiger partial charge in [-0.2, -0.15) is 4.98 Å². The molecule has 1 amide bonds. The molecule has 1 fully saturated rings. The molecule has 2 aromatic heterocycles. The van der Waals surface area contributed by atoms with Gasteiger partial charge in [-0.3, -0.25) is 4.79 Å². The molecule has 0 unspecified atom stereocenters. The van der Waals surface area contributed by atoms with E-state index in [1.165, 1.54) is 19.3 Å². The van der Waals surface area contributed by atoms with Gasteiger partial charge in [0, 0.05) is 41.6 Å². The summed E-state index contributed by atoms with van der Waals surface area (Å²) in [5.41, 5.74) is 1.98. The third-order valence-electron chi connectivity index (χ3n) is 5.81. The van der Waals surface area contributed by atoms with Gasteiger partial charge in [-0.25, -0.2) is 9.78 Å². The highest BCUT2D eigenvalue weighted by molar-refractivity contribution is 6.05. The Bertz CT molecular complexity index is 1390. The third kappa shape index (κ3) is 4.76. The fourth-order valence-electron chi connectivity index (χ4n) is 4.08. The molecule has 8 nitrogen and oxygen atoms in total. The van der Waals surface area contributed by atoms with Crippen molar-refractivity contribution < 1.29 is 9.21 Å². The van der Waals surface area contributed by atoms with Crippen LogP contribution in [0, 0.1) is 6.92 Å². The minimum Gasteiger partial charge on any atom is -0.422 e. The molecular weight excluding hydrogens is 430 g/mol. The number of para-hydroxylation sites is 1. The first-order valence-electron chi connectivity index (χ1n) is 11.4. The van der Waals surface area contributed by atoms with Crippen LogP contribution in [-0.4, -0.2) is 29.0 Å². The maximum atomic E-state index is 12.7. The monoisotopic (exact) mass is 455 g/mol. The number of hydrogen-bond donors (Lipinski definition) is 2. The van der Waals surface area contributed by atoms with Crippen molar-refractivity contribution in [1.29, 1.82) is 0 Å². The first-order chi connectivity index (χ1) is 16.5. The lowest BCUT2D eigenvalue weighted by Crippen LogP contribution is -2.30. The molecule has 0 atom stereocenters. The van der Waals surface area contributed by atoms with Gasteiger partial charge in [0.25, 0.3) is 5.91 Å². The van der Waals surface area contributed by atoms with Crippen molar-refractivity contribution in [3.05, 3.63) is 82.3 Å². The number of nitrogens with zero attached hydrogens (tertiary/aromatic N) is 3. The summed E-state index contributed by atoms with van der Waals surface area (Å²) in [7, 11) is 0. The van der Waals surface area contributed by atoms with Crippen molar-refractivity contribution in [1.82, 2.24) is 9.97 Å². The average molecular weight is 456 g/mol. The van der Waals surface area contributed by atoms with Crippen molar-refractivity contribution >= 4 is 40.0 Å². The number of fused-ring (bicyclic) bond motifs is 1. The number of carbonyl (C=O) groups is 1. The number of aromatic nitrogens is 2. The summed E-state index contributed by atoms with van der Waals surface area (Å²) in [5, 5.41) is 6.68. The lowest BCUT2D eigenvalue weighted by Gasteiger charge is -2.28. The molecule has 4 aromatic rings. The van der Waals surface area contributed by atoms with E-state index in [0.717, 1.165) is 30.3 Å². The van der Waals surface area contributed by atoms with Gasteiger partial charge in [0.1, 0.15) is 17.0 Å². The van der Waals surface area contributed by atoms with E-state index in [4.69, 9.17) is 4.42 Å². The topological polar surface area (TPSA) is 100 Å². The number of rotatable bonds is 5. The van der Waals surface area contributed by atoms with Crippen LogP contribution in [0.15, 0.2) is 69.9 Å². The van der Waals surface area contributed by atoms with Crippen molar-refractivity contribution in [2.45, 2.75) is 26.2 Å². The van der Waals surface area contributed by atoms with Gasteiger partial charge in [-0.15, -0.1) is 0 Å². The molecule has 34 heavy (non-hydrogen) atoms. The van der Waals surface area contributed by atoms with E-state index in [1.807, 2.05) is 31.2 Å². The molecule has 1 saturated heterocycles. The Morgan fingerprint density at radius 2 is 1.68 bits per heavy atom. The largest absolute Gasteiger partial charge is 0.422 e. The van der Waals surface area contributed by atoms with Crippen LogP contribution in [0.2, 0.25) is 0 Å². The number of nitrogens with one attached hydrogen (secondary N) is 2. The van der Waals surface area contributed by atoms with Gasteiger partial charge >= 0.3 is 5.63 Å². The lowest BCUT2D eigenvalue weighted by atomic mass is 10.1. The second kappa shape index (κ2) is 9.35. The van der Waals surface area contributed by atoms with Crippen molar-refractivity contribution in [3.63, 3.8) is 0 Å². The summed E-state index contributed by atoms with van der Waals surface area (Å²) in [6, 6.07) is 17.8. The Balaban J connectivity index is 1.29. The Morgan fingerprint density at radius 1 is 0.941 bits per heavy atom. The van der Waals surface area contributed by atoms with Crippen LogP contribution in [0.4, 0.5) is 23.1 Å². The SMILES string of the molecule is Cc1cc(N2CCCCC2)nc(Nc2ccc(NC(=O)c3cc4ccccc4oc3=O)cc2)n1. The fraction of sp³-hybridized carbons (Fsp3) is 0.231. The smallest absolute Gasteiger partial charge is 0.349 e. The van der Waals surface area contributed by atoms with Gasteiger partial charge in [-0.05, 0) is 62.6 Å². The molecule has 0 bridgehead atoms. The second-order valence-corrected chi connectivity index (χ2v) is 8.38. The van der Waals surface area contributed by atoms with E-state index in [0.29, 0.717) is 22.6 Å². The Morgan fingerprint density at radius 3 is 2.47 bits per heavy atom. The minimum atomic E-state index is -0.671. The fourth-order valence-corrected chi connectivity index (χ4v) is 4.08. The van der Waals surface area contributed by atoms with E-state index in [-0.39, 0.29) is 5.56 Å². The Kier molecular flexibility index (Phi) is 5.95. The zero-order valence-corrected chi connectivity index (χ0v) is 18.9. The molecule has 1 aliphatic heterocycles. The number of anilines is 4. The standard InChI is InChI=1S/C26H25N5O3/c1-17-15-23(31-13-5-2-6-14-31)30-26(27-17)29-20-11-9-19(10-12-20)28-24(32)21-16-18-7-3-4-8-22(18)34-25(21)33/h3-4,7-12,15-16H,2,5-6,13-14H2,1H3,(H,28,32)(H,27,29,30). The molecule has 5 rings (SSSR count). The quantitative estimate of drug-likeness (QED) is 0.414. The highest BCUT2D eigenvalue weighted by atomic mass is 16.4. The van der Waals surface area contributed by atoms with Crippen molar-refractivity contribution in [2.24, 2.45) is 0 Å². The van der Waals surface area contributed by atoms with Crippen LogP contribution >= 0.6 is 0 Å². The van der Waals surface area contributed by atoms with Gasteiger partial charge in [0.15, 0.2) is 0 Å². The van der Waals surface area contributed by atoms with Gasteiger partial charge < -0.3 is 20.0 Å². The van der Waals surface area contributed by atoms with Crippen LogP contribution in [0.5, 0.6) is 0 Å². The van der Waals surface area contributed by atoms with Crippen molar-refractivity contribution in [2.75, 3.05) is 28.6 Å². The van der Waals surface area contributed by atoms with Crippen LogP contribution in [0.25, 0.3) is 11.0 Å². The number of hydrogen-bond acceptors (Lipinski definition) is 7. The predicted molar refractivity (Wildman–Crippen MR) is 133 cm³/mol. The second-order valence-electron chi connectivity index (χ2n) is 8.38. The van der Waals surface area contributed by atoms with Gasteiger partial charge in [-0.1, -0.05) is 18.2 Å². The molecule has 2 N–H and O–H groups in total. The molecule has 0 spiro atoms. The highest BCUT2D eigenvalue weighted by Crippen LogP contribution is 2.22. The molecule has 1 aliphatic rings. The van der Waals surface area contributed by atoms with E-state index in [1.54, 1.807) is 36.4 Å². The first-order valence-corrected chi connectivity index (χ1v) is 11.4. The molecule has 172 valence electrons. The molecular formula is C26H25N5O3. The molecule has 0 aliphatic carbocycles. The number of piperidine rings is 1. The number of amides is 1. The molecule has 3 heterocycles. The summed E-state index contributed by atoms with van der Waals surface area (Å²) in [5.74, 6) is 0.951. The molecule has 2 aromatic carbocycles. The summed E-state index contributed by atoms with van der Waals surface area (Å²) in [6.07, 6.45) is 3.63. The molecule has 0 radical (unpaired) electrons. The average Bonchev–Trinajstić information content (AvgIpc) is 2.85. The number of aryl methyl sites for hydroxylation is 1. The van der Waals surface area contributed by atoms with E-state index in [9.17, 15) is 9.59 Å². The maximum absolute atomic E-state index is 12.7. The van der Waals surface area contributed by atoms with E-state index < -0.39 is 11.5 Å². The van der Waals surface area contributed by atoms with Crippen LogP contribution < -0.4 is 21.2 Å². The molecule has 0 saturated carbocycles. The number of carbonyl (C=O) groups excluding carboxylic acids is 1. The summed E-state index contributed by atoms with van der Waals surface area (Å²) >= 11 is 0. The van der Waals surface area contributed by atoms with Crippen LogP contribution in [0.3, 0.4) is 0 Å². The summed E-state index contributed by atoms with van der Waals surface area (Å²) < 4.78 is 5.26. The predicted octanol–water partition coefficient (Wildman–Crippen LogP) is 4.88. The normalized spacial score (nSPS) is 13.6. The minimum absolute atomic E-state index is 0.0423. The summed E-state index contributed by atoms with van der Waals surface area (Å²) in [4.78, 5) is 36.4. The zero-order chi connectivity index (χ0) is 23.5. The zero-order valence-electron chi connectivity index (χ0n) is 18.9. The van der Waals surface area contributed by atoms with Crippen molar-refractivity contribution in [3.8, 4) is 0 Å². The Hall–Kier alpha value is -4.20. The number of benzene rings is 2. The summed E-state index contributed by atoms with van der Waals surface area (Å²) in [6.45, 7) is 3.99.